The molecule has 0 atom stereocenters. The third kappa shape index (κ3) is 2.62. The topological polar surface area (TPSA) is 67.5 Å². The van der Waals surface area contributed by atoms with Gasteiger partial charge in [0.1, 0.15) is 5.71 Å². The predicted octanol–water partition coefficient (Wildman–Crippen LogP) is 0.710. The molecule has 0 aromatic carbocycles. The van der Waals surface area contributed by atoms with Crippen molar-refractivity contribution >= 4 is 5.71 Å². The maximum atomic E-state index is 7.52. The summed E-state index contributed by atoms with van der Waals surface area (Å²) in [6.45, 7) is 1.91. The Morgan fingerprint density at radius 1 is 1.46 bits per heavy atom. The summed E-state index contributed by atoms with van der Waals surface area (Å²) in [5, 5.41) is 18.7. The Labute approximate surface area is 76.3 Å². The molecule has 13 heavy (non-hydrogen) atoms. The largest absolute Gasteiger partial charge is 0.297 e. The van der Waals surface area contributed by atoms with Gasteiger partial charge in [0.2, 0.25) is 5.82 Å². The average molecular weight is 177 g/mol. The highest BCUT2D eigenvalue weighted by molar-refractivity contribution is 6.03. The van der Waals surface area contributed by atoms with Crippen molar-refractivity contribution in [1.82, 2.24) is 20.2 Å². The minimum absolute atomic E-state index is 0.256. The van der Waals surface area contributed by atoms with E-state index in [2.05, 4.69) is 15.4 Å². The van der Waals surface area contributed by atoms with Crippen LogP contribution in [0, 0.1) is 5.41 Å². The number of nitrogens with zero attached hydrogens (tertiary/aromatic N) is 4. The average Bonchev–Trinajstić information content (AvgIpc) is 2.52. The summed E-state index contributed by atoms with van der Waals surface area (Å²) >= 11 is 0. The quantitative estimate of drug-likeness (QED) is 0.546. The van der Waals surface area contributed by atoms with Crippen molar-refractivity contribution in [3.63, 3.8) is 0 Å². The number of aromatic nitrogens is 4. The van der Waals surface area contributed by atoms with Gasteiger partial charge in [-0.1, -0.05) is 18.2 Å². The summed E-state index contributed by atoms with van der Waals surface area (Å²) in [5.41, 5.74) is 0.256. The molecule has 1 N–H and O–H groups in total. The molecule has 0 radical (unpaired) electrons. The van der Waals surface area contributed by atoms with Crippen molar-refractivity contribution in [3.05, 3.63) is 30.1 Å². The summed E-state index contributed by atoms with van der Waals surface area (Å²) < 4.78 is 0. The Kier molecular flexibility index (Phi) is 3.08. The molecule has 0 fully saturated rings. The molecular formula is C8H11N5. The fourth-order valence-electron chi connectivity index (χ4n) is 0.729. The van der Waals surface area contributed by atoms with Crippen LogP contribution in [0.4, 0.5) is 0 Å². The Morgan fingerprint density at radius 2 is 2.23 bits per heavy atom. The summed E-state index contributed by atoms with van der Waals surface area (Å²) in [7, 11) is 1.67. The first kappa shape index (κ1) is 9.31. The van der Waals surface area contributed by atoms with Gasteiger partial charge in [0.05, 0.1) is 7.05 Å². The molecule has 0 aliphatic heterocycles. The highest BCUT2D eigenvalue weighted by atomic mass is 15.6. The second-order valence-corrected chi connectivity index (χ2v) is 2.40. The zero-order valence-electron chi connectivity index (χ0n) is 7.60. The van der Waals surface area contributed by atoms with Gasteiger partial charge in [-0.05, 0) is 18.2 Å². The van der Waals surface area contributed by atoms with E-state index >= 15 is 0 Å². The van der Waals surface area contributed by atoms with Gasteiger partial charge in [0, 0.05) is 0 Å². The molecular weight excluding hydrogens is 166 g/mol. The van der Waals surface area contributed by atoms with Crippen LogP contribution in [0.1, 0.15) is 12.7 Å². The molecule has 68 valence electrons. The van der Waals surface area contributed by atoms with Crippen molar-refractivity contribution < 1.29 is 0 Å². The molecule has 0 saturated heterocycles. The Bertz CT molecular complexity index is 347. The van der Waals surface area contributed by atoms with Gasteiger partial charge < -0.3 is 0 Å². The highest BCUT2D eigenvalue weighted by Crippen LogP contribution is 1.90. The third-order valence-electron chi connectivity index (χ3n) is 1.32. The first-order chi connectivity index (χ1) is 6.24. The van der Waals surface area contributed by atoms with Crippen LogP contribution in [0.15, 0.2) is 24.3 Å². The normalized spacial score (nSPS) is 11.5. The standard InChI is InChI=1S/C8H11N5/c1-3-4-5-6-7(9)8-10-12-13(2)11-8/h3-6,9H,1-2H3/b4-3-,6-5-,9-7?. The number of rotatable bonds is 3. The van der Waals surface area contributed by atoms with Crippen LogP contribution >= 0.6 is 0 Å². The molecule has 0 saturated carbocycles. The molecule has 5 nitrogen and oxygen atoms in total. The molecule has 0 aliphatic carbocycles. The first-order valence-electron chi connectivity index (χ1n) is 3.86. The lowest BCUT2D eigenvalue weighted by molar-refractivity contribution is 0.629. The lowest BCUT2D eigenvalue weighted by Crippen LogP contribution is -1.99. The monoisotopic (exact) mass is 177 g/mol. The number of allylic oxidation sites excluding steroid dienone is 4. The minimum atomic E-state index is 0.256. The third-order valence-corrected chi connectivity index (χ3v) is 1.32. The molecule has 0 amide bonds. The highest BCUT2D eigenvalue weighted by Gasteiger charge is 2.02. The van der Waals surface area contributed by atoms with Crippen molar-refractivity contribution in [2.24, 2.45) is 7.05 Å². The van der Waals surface area contributed by atoms with E-state index in [0.717, 1.165) is 0 Å². The number of aryl methyl sites for hydroxylation is 1. The maximum Gasteiger partial charge on any atom is 0.222 e. The molecule has 1 aromatic rings. The van der Waals surface area contributed by atoms with Crippen LogP contribution in [0.2, 0.25) is 0 Å². The first-order valence-corrected chi connectivity index (χ1v) is 3.86. The Hall–Kier alpha value is -1.78. The van der Waals surface area contributed by atoms with Gasteiger partial charge in [-0.2, -0.15) is 4.80 Å². The lowest BCUT2D eigenvalue weighted by Gasteiger charge is -1.85. The van der Waals surface area contributed by atoms with Gasteiger partial charge in [-0.3, -0.25) is 5.41 Å². The van der Waals surface area contributed by atoms with Gasteiger partial charge >= 0.3 is 0 Å². The summed E-state index contributed by atoms with van der Waals surface area (Å²) in [6.07, 6.45) is 7.11. The van der Waals surface area contributed by atoms with Crippen LogP contribution in [0.25, 0.3) is 0 Å². The number of tetrazole rings is 1. The molecule has 0 unspecified atom stereocenters. The molecule has 0 spiro atoms. The number of hydrogen-bond acceptors (Lipinski definition) is 4. The van der Waals surface area contributed by atoms with Gasteiger partial charge in [0.15, 0.2) is 0 Å². The smallest absolute Gasteiger partial charge is 0.222 e. The molecule has 1 rings (SSSR count). The Morgan fingerprint density at radius 3 is 2.77 bits per heavy atom. The van der Waals surface area contributed by atoms with Crippen LogP contribution in [-0.2, 0) is 7.05 Å². The van der Waals surface area contributed by atoms with Crippen molar-refractivity contribution in [2.75, 3.05) is 0 Å². The molecule has 1 aromatic heterocycles. The summed E-state index contributed by atoms with van der Waals surface area (Å²) in [4.78, 5) is 1.33. The van der Waals surface area contributed by atoms with E-state index in [9.17, 15) is 0 Å². The molecule has 5 heteroatoms. The van der Waals surface area contributed by atoms with E-state index in [-0.39, 0.29) is 5.71 Å². The van der Waals surface area contributed by atoms with E-state index in [1.807, 2.05) is 19.1 Å². The Balaban J connectivity index is 2.69. The van der Waals surface area contributed by atoms with Gasteiger partial charge in [-0.15, -0.1) is 10.2 Å². The fraction of sp³-hybridized carbons (Fsp3) is 0.250. The van der Waals surface area contributed by atoms with Crippen LogP contribution in [-0.4, -0.2) is 25.9 Å². The SMILES string of the molecule is C/C=C\C=C/C(=N)c1nnn(C)n1. The maximum absolute atomic E-state index is 7.52. The number of hydrogen-bond donors (Lipinski definition) is 1. The second kappa shape index (κ2) is 4.30. The van der Waals surface area contributed by atoms with Crippen LogP contribution in [0.5, 0.6) is 0 Å². The van der Waals surface area contributed by atoms with E-state index in [0.29, 0.717) is 5.82 Å². The van der Waals surface area contributed by atoms with E-state index in [1.54, 1.807) is 19.2 Å². The molecule has 1 heterocycles. The second-order valence-electron chi connectivity index (χ2n) is 2.40. The van der Waals surface area contributed by atoms with Crippen LogP contribution < -0.4 is 0 Å². The summed E-state index contributed by atoms with van der Waals surface area (Å²) in [5.74, 6) is 0.336. The van der Waals surface area contributed by atoms with E-state index in [1.165, 1.54) is 4.80 Å². The van der Waals surface area contributed by atoms with Crippen molar-refractivity contribution in [2.45, 2.75) is 6.92 Å². The van der Waals surface area contributed by atoms with E-state index in [4.69, 9.17) is 5.41 Å². The van der Waals surface area contributed by atoms with Gasteiger partial charge in [-0.25, -0.2) is 0 Å². The predicted molar refractivity (Wildman–Crippen MR) is 49.6 cm³/mol. The number of nitrogens with one attached hydrogen (secondary N) is 1. The lowest BCUT2D eigenvalue weighted by atomic mass is 10.3. The zero-order chi connectivity index (χ0) is 9.68. The minimum Gasteiger partial charge on any atom is -0.297 e. The summed E-state index contributed by atoms with van der Waals surface area (Å²) in [6, 6.07) is 0. The van der Waals surface area contributed by atoms with E-state index < -0.39 is 0 Å². The molecule has 0 aliphatic rings. The van der Waals surface area contributed by atoms with Crippen molar-refractivity contribution in [3.8, 4) is 0 Å². The van der Waals surface area contributed by atoms with Crippen LogP contribution in [0.3, 0.4) is 0 Å². The molecule has 0 bridgehead atoms. The zero-order valence-corrected chi connectivity index (χ0v) is 7.60. The van der Waals surface area contributed by atoms with Crippen molar-refractivity contribution in [1.29, 1.82) is 5.41 Å². The van der Waals surface area contributed by atoms with Gasteiger partial charge in [0.25, 0.3) is 0 Å². The fourth-order valence-corrected chi connectivity index (χ4v) is 0.729.